The van der Waals surface area contributed by atoms with Gasteiger partial charge >= 0.3 is 5.69 Å². The highest BCUT2D eigenvalue weighted by Gasteiger charge is 2.21. The number of benzene rings is 2. The molecule has 1 heterocycles. The van der Waals surface area contributed by atoms with Gasteiger partial charge in [0.25, 0.3) is 5.56 Å². The Morgan fingerprint density at radius 1 is 1.13 bits per heavy atom. The van der Waals surface area contributed by atoms with Gasteiger partial charge in [-0.25, -0.2) is 4.79 Å². The van der Waals surface area contributed by atoms with Gasteiger partial charge in [-0.05, 0) is 31.0 Å². The van der Waals surface area contributed by atoms with Crippen molar-refractivity contribution in [3.8, 4) is 0 Å². The van der Waals surface area contributed by atoms with E-state index in [1.165, 1.54) is 28.3 Å². The molecule has 2 aromatic carbocycles. The molecule has 3 rings (SSSR count). The number of rotatable bonds is 6. The molecule has 3 aromatic rings. The molecule has 1 amide bonds. The van der Waals surface area contributed by atoms with Gasteiger partial charge in [0, 0.05) is 11.9 Å². The van der Waals surface area contributed by atoms with Crippen LogP contribution in [0.15, 0.2) is 63.0 Å². The number of nitrogens with two attached hydrogens (primary N) is 1. The summed E-state index contributed by atoms with van der Waals surface area (Å²) in [5, 5.41) is 0. The van der Waals surface area contributed by atoms with Gasteiger partial charge in [0.15, 0.2) is 5.69 Å². The molecular formula is C22H24N4O3S. The van der Waals surface area contributed by atoms with E-state index in [4.69, 9.17) is 5.73 Å². The van der Waals surface area contributed by atoms with Crippen molar-refractivity contribution < 1.29 is 4.79 Å². The highest BCUT2D eigenvalue weighted by Crippen LogP contribution is 2.25. The predicted molar refractivity (Wildman–Crippen MR) is 121 cm³/mol. The second kappa shape index (κ2) is 9.04. The van der Waals surface area contributed by atoms with Crippen LogP contribution in [0.4, 0.5) is 11.5 Å². The Morgan fingerprint density at radius 2 is 1.83 bits per heavy atom. The number of aromatic nitrogens is 2. The van der Waals surface area contributed by atoms with Crippen molar-refractivity contribution in [2.24, 2.45) is 0 Å². The third kappa shape index (κ3) is 4.65. The van der Waals surface area contributed by atoms with Gasteiger partial charge in [0.05, 0.1) is 12.3 Å². The van der Waals surface area contributed by atoms with Gasteiger partial charge in [0.2, 0.25) is 5.91 Å². The summed E-state index contributed by atoms with van der Waals surface area (Å²) >= 11 is 1.40. The van der Waals surface area contributed by atoms with Crippen LogP contribution in [-0.4, -0.2) is 28.3 Å². The Labute approximate surface area is 178 Å². The molecule has 0 bridgehead atoms. The zero-order valence-corrected chi connectivity index (χ0v) is 18.0. The Kier molecular flexibility index (Phi) is 6.47. The molecule has 0 radical (unpaired) electrons. The zero-order chi connectivity index (χ0) is 21.8. The number of hydrogen-bond acceptors (Lipinski definition) is 5. The number of nitrogen functional groups attached to an aromatic ring is 1. The smallest absolute Gasteiger partial charge is 0.330 e. The van der Waals surface area contributed by atoms with Crippen LogP contribution in [0, 0.1) is 13.8 Å². The molecule has 0 atom stereocenters. The number of nitrogens with zero attached hydrogens (tertiary/aromatic N) is 2. The van der Waals surface area contributed by atoms with Crippen molar-refractivity contribution in [2.75, 3.05) is 23.4 Å². The monoisotopic (exact) mass is 424 g/mol. The van der Waals surface area contributed by atoms with Gasteiger partial charge < -0.3 is 10.6 Å². The van der Waals surface area contributed by atoms with Crippen molar-refractivity contribution >= 4 is 29.2 Å². The average molecular weight is 425 g/mol. The van der Waals surface area contributed by atoms with E-state index in [1.807, 2.05) is 62.4 Å². The van der Waals surface area contributed by atoms with Crippen molar-refractivity contribution in [3.05, 3.63) is 86.1 Å². The Balaban J connectivity index is 1.86. The van der Waals surface area contributed by atoms with E-state index in [1.54, 1.807) is 0 Å². The van der Waals surface area contributed by atoms with Crippen molar-refractivity contribution in [2.45, 2.75) is 25.3 Å². The number of carbonyl (C=O) groups excluding carboxylic acids is 1. The van der Waals surface area contributed by atoms with Gasteiger partial charge in [-0.3, -0.25) is 19.1 Å². The van der Waals surface area contributed by atoms with E-state index in [0.29, 0.717) is 0 Å². The molecule has 3 N–H and O–H groups in total. The molecule has 7 nitrogen and oxygen atoms in total. The fourth-order valence-electron chi connectivity index (χ4n) is 3.05. The van der Waals surface area contributed by atoms with Crippen LogP contribution < -0.4 is 21.9 Å². The fraction of sp³-hybridized carbons (Fsp3) is 0.227. The summed E-state index contributed by atoms with van der Waals surface area (Å²) in [5.74, 6) is -0.194. The molecule has 0 aliphatic carbocycles. The van der Waals surface area contributed by atoms with Crippen molar-refractivity contribution in [1.29, 1.82) is 0 Å². The number of H-pyrrole nitrogens is 1. The second-order valence-electron chi connectivity index (χ2n) is 7.08. The molecule has 30 heavy (non-hydrogen) atoms. The highest BCUT2D eigenvalue weighted by molar-refractivity contribution is 8.00. The van der Waals surface area contributed by atoms with E-state index in [9.17, 15) is 14.4 Å². The first kappa shape index (κ1) is 21.4. The summed E-state index contributed by atoms with van der Waals surface area (Å²) in [6, 6.07) is 15.3. The molecule has 0 fully saturated rings. The zero-order valence-electron chi connectivity index (χ0n) is 17.1. The summed E-state index contributed by atoms with van der Waals surface area (Å²) in [6.07, 6.45) is 0. The van der Waals surface area contributed by atoms with E-state index in [0.717, 1.165) is 21.6 Å². The van der Waals surface area contributed by atoms with Gasteiger partial charge in [-0.15, -0.1) is 11.8 Å². The van der Waals surface area contributed by atoms with Crippen LogP contribution in [0.3, 0.4) is 0 Å². The lowest BCUT2D eigenvalue weighted by molar-refractivity contribution is -0.115. The van der Waals surface area contributed by atoms with Crippen LogP contribution in [0.25, 0.3) is 0 Å². The second-order valence-corrected chi connectivity index (χ2v) is 8.09. The number of hydrogen-bond donors (Lipinski definition) is 2. The average Bonchev–Trinajstić information content (AvgIpc) is 2.72. The van der Waals surface area contributed by atoms with E-state index >= 15 is 0 Å². The minimum absolute atomic E-state index is 0.0305. The van der Waals surface area contributed by atoms with E-state index in [-0.39, 0.29) is 29.7 Å². The highest BCUT2D eigenvalue weighted by atomic mass is 32.2. The van der Waals surface area contributed by atoms with Crippen LogP contribution in [0.5, 0.6) is 0 Å². The lowest BCUT2D eigenvalue weighted by atomic mass is 10.2. The third-order valence-corrected chi connectivity index (χ3v) is 5.94. The van der Waals surface area contributed by atoms with Gasteiger partial charge in [0.1, 0.15) is 5.82 Å². The SMILES string of the molecule is Cc1ccc(C)c(SCC(=O)N(C)c2c(N)n(Cc3ccccc3)c(=O)[nH]c2=O)c1. The number of amides is 1. The number of anilines is 2. The maximum atomic E-state index is 12.8. The molecule has 156 valence electrons. The summed E-state index contributed by atoms with van der Waals surface area (Å²) in [4.78, 5) is 42.0. The summed E-state index contributed by atoms with van der Waals surface area (Å²) < 4.78 is 1.26. The topological polar surface area (TPSA) is 101 Å². The number of aromatic amines is 1. The summed E-state index contributed by atoms with van der Waals surface area (Å²) in [6.45, 7) is 4.17. The van der Waals surface area contributed by atoms with Gasteiger partial charge in [-0.1, -0.05) is 48.0 Å². The quantitative estimate of drug-likeness (QED) is 0.592. The molecular weight excluding hydrogens is 400 g/mol. The van der Waals surface area contributed by atoms with Gasteiger partial charge in [-0.2, -0.15) is 0 Å². The molecule has 0 spiro atoms. The lowest BCUT2D eigenvalue weighted by Crippen LogP contribution is -2.40. The number of carbonyl (C=O) groups is 1. The normalized spacial score (nSPS) is 10.8. The van der Waals surface area contributed by atoms with Crippen molar-refractivity contribution in [1.82, 2.24) is 9.55 Å². The van der Waals surface area contributed by atoms with E-state index in [2.05, 4.69) is 4.98 Å². The number of thioether (sulfide) groups is 1. The Hall–Kier alpha value is -3.26. The maximum absolute atomic E-state index is 12.8. The molecule has 0 saturated heterocycles. The minimum Gasteiger partial charge on any atom is -0.383 e. The molecule has 0 aliphatic rings. The summed E-state index contributed by atoms with van der Waals surface area (Å²) in [5.41, 5.74) is 7.87. The van der Waals surface area contributed by atoms with Crippen molar-refractivity contribution in [3.63, 3.8) is 0 Å². The molecule has 0 aliphatic heterocycles. The molecule has 0 saturated carbocycles. The Morgan fingerprint density at radius 3 is 2.53 bits per heavy atom. The van der Waals surface area contributed by atoms with Crippen LogP contribution in [-0.2, 0) is 11.3 Å². The first-order chi connectivity index (χ1) is 14.3. The standard InChI is InChI=1S/C22H24N4O3S/c1-14-9-10-15(2)17(11-14)30-13-18(27)25(3)19-20(23)26(22(29)24-21(19)28)12-16-7-5-4-6-8-16/h4-11H,12-13,23H2,1-3H3,(H,24,28,29). The fourth-order valence-corrected chi connectivity index (χ4v) is 4.09. The predicted octanol–water partition coefficient (Wildman–Crippen LogP) is 2.54. The first-order valence-electron chi connectivity index (χ1n) is 9.41. The maximum Gasteiger partial charge on any atom is 0.330 e. The van der Waals surface area contributed by atoms with Crippen LogP contribution >= 0.6 is 11.8 Å². The lowest BCUT2D eigenvalue weighted by Gasteiger charge is -2.20. The largest absolute Gasteiger partial charge is 0.383 e. The minimum atomic E-state index is -0.686. The number of nitrogens with one attached hydrogen (secondary N) is 1. The van der Waals surface area contributed by atoms with E-state index < -0.39 is 11.2 Å². The molecule has 1 aromatic heterocycles. The van der Waals surface area contributed by atoms with Crippen LogP contribution in [0.1, 0.15) is 16.7 Å². The first-order valence-corrected chi connectivity index (χ1v) is 10.4. The number of aryl methyl sites for hydroxylation is 2. The molecule has 8 heteroatoms. The third-order valence-electron chi connectivity index (χ3n) is 4.80. The molecule has 0 unspecified atom stereocenters. The van der Waals surface area contributed by atoms with Crippen LogP contribution in [0.2, 0.25) is 0 Å². The Bertz CT molecular complexity index is 1190. The summed E-state index contributed by atoms with van der Waals surface area (Å²) in [7, 11) is 1.49.